The molecule has 1 amide bonds. The summed E-state index contributed by atoms with van der Waals surface area (Å²) < 4.78 is 0. The van der Waals surface area contributed by atoms with Gasteiger partial charge in [-0.25, -0.2) is 4.98 Å². The number of nitrogens with one attached hydrogen (secondary N) is 1. The van der Waals surface area contributed by atoms with Gasteiger partial charge in [0, 0.05) is 17.5 Å². The molecule has 2 aromatic carbocycles. The Hall–Kier alpha value is -2.68. The van der Waals surface area contributed by atoms with Crippen molar-refractivity contribution in [3.05, 3.63) is 65.2 Å². The summed E-state index contributed by atoms with van der Waals surface area (Å²) >= 11 is 0. The molecule has 0 saturated carbocycles. The Labute approximate surface area is 174 Å². The lowest BCUT2D eigenvalue weighted by atomic mass is 9.96. The van der Waals surface area contributed by atoms with Crippen LogP contribution in [-0.2, 0) is 0 Å². The molecule has 3 heteroatoms. The number of nitrogens with zero attached hydrogens (tertiary/aromatic N) is 1. The number of unbranched alkanes of at least 4 members (excludes halogenated alkanes) is 1. The zero-order valence-electron chi connectivity index (χ0n) is 18.1. The maximum atomic E-state index is 13.3. The largest absolute Gasteiger partial charge is 0.352 e. The highest BCUT2D eigenvalue weighted by Gasteiger charge is 2.19. The van der Waals surface area contributed by atoms with E-state index in [2.05, 4.69) is 50.4 Å². The summed E-state index contributed by atoms with van der Waals surface area (Å²) in [5.74, 6) is 0.535. The second-order valence-corrected chi connectivity index (χ2v) is 7.97. The van der Waals surface area contributed by atoms with Gasteiger partial charge in [0.25, 0.3) is 5.91 Å². The number of amides is 1. The van der Waals surface area contributed by atoms with Crippen molar-refractivity contribution in [3.8, 4) is 11.3 Å². The fraction of sp³-hybridized carbons (Fsp3) is 0.385. The number of pyridine rings is 1. The van der Waals surface area contributed by atoms with Gasteiger partial charge in [-0.1, -0.05) is 81.1 Å². The highest BCUT2D eigenvalue weighted by Crippen LogP contribution is 2.30. The molecular weight excluding hydrogens is 356 g/mol. The lowest BCUT2D eigenvalue weighted by molar-refractivity contribution is 0.0947. The fourth-order valence-corrected chi connectivity index (χ4v) is 3.86. The van der Waals surface area contributed by atoms with Gasteiger partial charge in [0.2, 0.25) is 0 Å². The quantitative estimate of drug-likeness (QED) is 0.481. The minimum Gasteiger partial charge on any atom is -0.352 e. The number of hydrogen-bond donors (Lipinski definition) is 1. The summed E-state index contributed by atoms with van der Waals surface area (Å²) in [5.41, 5.74) is 5.68. The molecule has 0 saturated heterocycles. The number of aromatic nitrogens is 1. The molecule has 29 heavy (non-hydrogen) atoms. The van der Waals surface area contributed by atoms with E-state index in [1.54, 1.807) is 0 Å². The van der Waals surface area contributed by atoms with Crippen LogP contribution < -0.4 is 5.32 Å². The Bertz CT molecular complexity index is 976. The molecule has 152 valence electrons. The molecule has 0 fully saturated rings. The highest BCUT2D eigenvalue weighted by atomic mass is 16.1. The van der Waals surface area contributed by atoms with Crippen LogP contribution in [0.1, 0.15) is 61.0 Å². The maximum absolute atomic E-state index is 13.3. The maximum Gasteiger partial charge on any atom is 0.252 e. The standard InChI is InChI=1S/C26H32N2O/c1-5-7-10-20(6-2)17-27-26(29)24-19(4)25(21-15-13-18(3)14-16-21)28-23-12-9-8-11-22(23)24/h8-9,11-16,20H,5-7,10,17H2,1-4H3,(H,27,29)/t20-/m0/s1. The summed E-state index contributed by atoms with van der Waals surface area (Å²) in [6.07, 6.45) is 4.66. The van der Waals surface area contributed by atoms with E-state index in [9.17, 15) is 4.79 Å². The van der Waals surface area contributed by atoms with E-state index < -0.39 is 0 Å². The Morgan fingerprint density at radius 1 is 1.03 bits per heavy atom. The number of carbonyl (C=O) groups excluding carboxylic acids is 1. The molecule has 0 aliphatic carbocycles. The number of para-hydroxylation sites is 1. The van der Waals surface area contributed by atoms with Crippen LogP contribution in [-0.4, -0.2) is 17.4 Å². The van der Waals surface area contributed by atoms with Gasteiger partial charge in [-0.05, 0) is 37.8 Å². The van der Waals surface area contributed by atoms with Crippen molar-refractivity contribution in [2.45, 2.75) is 53.4 Å². The predicted molar refractivity (Wildman–Crippen MR) is 122 cm³/mol. The van der Waals surface area contributed by atoms with Crippen molar-refractivity contribution in [2.24, 2.45) is 5.92 Å². The molecule has 1 N–H and O–H groups in total. The van der Waals surface area contributed by atoms with Gasteiger partial charge in [-0.3, -0.25) is 4.79 Å². The second kappa shape index (κ2) is 9.69. The molecule has 0 spiro atoms. The van der Waals surface area contributed by atoms with Crippen molar-refractivity contribution in [3.63, 3.8) is 0 Å². The molecule has 0 aliphatic rings. The Morgan fingerprint density at radius 2 is 1.76 bits per heavy atom. The summed E-state index contributed by atoms with van der Waals surface area (Å²) in [4.78, 5) is 18.2. The molecule has 3 aromatic rings. The summed E-state index contributed by atoms with van der Waals surface area (Å²) in [7, 11) is 0. The number of hydrogen-bond acceptors (Lipinski definition) is 2. The van der Waals surface area contributed by atoms with Gasteiger partial charge in [0.1, 0.15) is 0 Å². The molecule has 0 bridgehead atoms. The molecule has 1 aromatic heterocycles. The smallest absolute Gasteiger partial charge is 0.252 e. The number of rotatable bonds is 8. The normalized spacial score (nSPS) is 12.1. The first kappa shape index (κ1) is 21.0. The van der Waals surface area contributed by atoms with Crippen LogP contribution in [0.4, 0.5) is 0 Å². The van der Waals surface area contributed by atoms with Gasteiger partial charge in [-0.2, -0.15) is 0 Å². The summed E-state index contributed by atoms with van der Waals surface area (Å²) in [6, 6.07) is 16.3. The van der Waals surface area contributed by atoms with Crippen molar-refractivity contribution in [1.82, 2.24) is 10.3 Å². The molecule has 3 rings (SSSR count). The molecule has 0 unspecified atom stereocenters. The Balaban J connectivity index is 1.98. The predicted octanol–water partition coefficient (Wildman–Crippen LogP) is 6.46. The van der Waals surface area contributed by atoms with Crippen LogP contribution in [0.25, 0.3) is 22.2 Å². The Morgan fingerprint density at radius 3 is 2.45 bits per heavy atom. The fourth-order valence-electron chi connectivity index (χ4n) is 3.86. The summed E-state index contributed by atoms with van der Waals surface area (Å²) in [5, 5.41) is 4.13. The van der Waals surface area contributed by atoms with Crippen molar-refractivity contribution < 1.29 is 4.79 Å². The number of carbonyl (C=O) groups is 1. The van der Waals surface area contributed by atoms with E-state index in [-0.39, 0.29) is 5.91 Å². The minimum absolute atomic E-state index is 0.00408. The van der Waals surface area contributed by atoms with Gasteiger partial charge in [-0.15, -0.1) is 0 Å². The van der Waals surface area contributed by atoms with Crippen LogP contribution in [0.5, 0.6) is 0 Å². The lowest BCUT2D eigenvalue weighted by Crippen LogP contribution is -2.30. The molecule has 1 heterocycles. The highest BCUT2D eigenvalue weighted by molar-refractivity contribution is 6.08. The topological polar surface area (TPSA) is 42.0 Å². The number of aryl methyl sites for hydroxylation is 1. The lowest BCUT2D eigenvalue weighted by Gasteiger charge is -2.18. The van der Waals surface area contributed by atoms with Crippen molar-refractivity contribution in [1.29, 1.82) is 0 Å². The van der Waals surface area contributed by atoms with Crippen LogP contribution in [0.2, 0.25) is 0 Å². The van der Waals surface area contributed by atoms with Crippen LogP contribution >= 0.6 is 0 Å². The zero-order valence-corrected chi connectivity index (χ0v) is 18.1. The first-order valence-corrected chi connectivity index (χ1v) is 10.8. The molecule has 3 nitrogen and oxygen atoms in total. The van der Waals surface area contributed by atoms with Gasteiger partial charge >= 0.3 is 0 Å². The second-order valence-electron chi connectivity index (χ2n) is 7.97. The van der Waals surface area contributed by atoms with E-state index in [0.29, 0.717) is 5.92 Å². The average Bonchev–Trinajstić information content (AvgIpc) is 2.74. The third-order valence-electron chi connectivity index (χ3n) is 5.78. The van der Waals surface area contributed by atoms with Crippen LogP contribution in [0.3, 0.4) is 0 Å². The van der Waals surface area contributed by atoms with E-state index in [4.69, 9.17) is 4.98 Å². The first-order valence-electron chi connectivity index (χ1n) is 10.8. The third kappa shape index (κ3) is 4.84. The van der Waals surface area contributed by atoms with Crippen LogP contribution in [0.15, 0.2) is 48.5 Å². The minimum atomic E-state index is 0.00408. The SMILES string of the molecule is CCCC[C@H](CC)CNC(=O)c1c(C)c(-c2ccc(C)cc2)nc2ccccc12. The van der Waals surface area contributed by atoms with Gasteiger partial charge in [0.05, 0.1) is 16.8 Å². The number of benzene rings is 2. The average molecular weight is 389 g/mol. The van der Waals surface area contributed by atoms with E-state index in [1.807, 2.05) is 31.2 Å². The van der Waals surface area contributed by atoms with E-state index in [1.165, 1.54) is 18.4 Å². The third-order valence-corrected chi connectivity index (χ3v) is 5.78. The van der Waals surface area contributed by atoms with Gasteiger partial charge < -0.3 is 5.32 Å². The first-order chi connectivity index (χ1) is 14.0. The zero-order chi connectivity index (χ0) is 20.8. The van der Waals surface area contributed by atoms with E-state index in [0.717, 1.165) is 52.7 Å². The van der Waals surface area contributed by atoms with Crippen molar-refractivity contribution >= 4 is 16.8 Å². The molecule has 1 atom stereocenters. The number of fused-ring (bicyclic) bond motifs is 1. The molecule has 0 aliphatic heterocycles. The molecule has 0 radical (unpaired) electrons. The Kier molecular flexibility index (Phi) is 7.03. The van der Waals surface area contributed by atoms with E-state index >= 15 is 0 Å². The monoisotopic (exact) mass is 388 g/mol. The summed E-state index contributed by atoms with van der Waals surface area (Å²) in [6.45, 7) is 9.23. The van der Waals surface area contributed by atoms with Crippen molar-refractivity contribution in [2.75, 3.05) is 6.54 Å². The van der Waals surface area contributed by atoms with Crippen LogP contribution in [0, 0.1) is 19.8 Å². The molecular formula is C26H32N2O. The van der Waals surface area contributed by atoms with Gasteiger partial charge in [0.15, 0.2) is 0 Å².